The quantitative estimate of drug-likeness (QED) is 0.367. The van der Waals surface area contributed by atoms with Crippen LogP contribution in [0.4, 0.5) is 0 Å². The van der Waals surface area contributed by atoms with Crippen molar-refractivity contribution in [3.05, 3.63) is 36.0 Å². The van der Waals surface area contributed by atoms with Gasteiger partial charge in [0.05, 0.1) is 6.54 Å². The van der Waals surface area contributed by atoms with Crippen LogP contribution >= 0.6 is 24.0 Å². The Balaban J connectivity index is 0.00000256. The fourth-order valence-corrected chi connectivity index (χ4v) is 4.01. The van der Waals surface area contributed by atoms with Gasteiger partial charge >= 0.3 is 0 Å². The number of hydrogen-bond acceptors (Lipinski definition) is 5. The van der Waals surface area contributed by atoms with Crippen LogP contribution in [0.2, 0.25) is 0 Å². The van der Waals surface area contributed by atoms with E-state index in [1.54, 1.807) is 6.20 Å². The van der Waals surface area contributed by atoms with E-state index >= 15 is 0 Å². The number of pyridine rings is 1. The maximum atomic E-state index is 6.07. The number of aryl methyl sites for hydroxylation is 1. The fraction of sp³-hybridized carbons (Fsp3) is 0.619. The predicted octanol–water partition coefficient (Wildman–Crippen LogP) is 3.07. The Kier molecular flexibility index (Phi) is 8.29. The molecule has 4 rings (SSSR count). The number of likely N-dealkylation sites (tertiary alicyclic amines) is 1. The molecule has 164 valence electrons. The zero-order chi connectivity index (χ0) is 20.1. The molecule has 30 heavy (non-hydrogen) atoms. The third-order valence-electron chi connectivity index (χ3n) is 5.86. The number of halogens is 1. The van der Waals surface area contributed by atoms with Gasteiger partial charge in [0, 0.05) is 38.3 Å². The normalized spacial score (nSPS) is 20.1. The summed E-state index contributed by atoms with van der Waals surface area (Å²) in [7, 11) is 1.99. The minimum Gasteiger partial charge on any atom is -0.472 e. The Hall–Kier alpha value is -1.91. The van der Waals surface area contributed by atoms with Crippen LogP contribution in [-0.2, 0) is 13.6 Å². The maximum Gasteiger partial charge on any atom is 0.213 e. The fourth-order valence-electron chi connectivity index (χ4n) is 4.01. The van der Waals surface area contributed by atoms with Gasteiger partial charge in [-0.25, -0.2) is 9.98 Å². The van der Waals surface area contributed by atoms with E-state index < -0.39 is 0 Å². The van der Waals surface area contributed by atoms with Crippen LogP contribution in [0.5, 0.6) is 5.88 Å². The van der Waals surface area contributed by atoms with E-state index in [0.29, 0.717) is 18.5 Å². The Labute approximate surface area is 195 Å². The number of hydrogen-bond donors (Lipinski definition) is 1. The molecule has 1 atom stereocenters. The molecule has 0 radical (unpaired) electrons. The summed E-state index contributed by atoms with van der Waals surface area (Å²) in [4.78, 5) is 11.5. The predicted molar refractivity (Wildman–Crippen MR) is 127 cm³/mol. The van der Waals surface area contributed by atoms with E-state index in [0.717, 1.165) is 37.1 Å². The highest BCUT2D eigenvalue weighted by atomic mass is 127. The maximum absolute atomic E-state index is 6.07. The van der Waals surface area contributed by atoms with Crippen LogP contribution in [0.15, 0.2) is 29.4 Å². The largest absolute Gasteiger partial charge is 0.472 e. The molecule has 1 unspecified atom stereocenters. The van der Waals surface area contributed by atoms with Gasteiger partial charge in [0.1, 0.15) is 18.5 Å². The molecule has 0 spiro atoms. The van der Waals surface area contributed by atoms with Gasteiger partial charge < -0.3 is 19.5 Å². The lowest BCUT2D eigenvalue weighted by Crippen LogP contribution is -2.46. The Morgan fingerprint density at radius 2 is 2.03 bits per heavy atom. The van der Waals surface area contributed by atoms with Crippen molar-refractivity contribution in [2.75, 3.05) is 13.1 Å². The molecule has 0 bridgehead atoms. The summed E-state index contributed by atoms with van der Waals surface area (Å²) in [6.07, 6.45) is 9.20. The molecular weight excluding hydrogens is 493 g/mol. The molecule has 8 nitrogen and oxygen atoms in total. The Morgan fingerprint density at radius 1 is 1.20 bits per heavy atom. The summed E-state index contributed by atoms with van der Waals surface area (Å²) in [5, 5.41) is 12.1. The Morgan fingerprint density at radius 3 is 2.73 bits per heavy atom. The van der Waals surface area contributed by atoms with Crippen molar-refractivity contribution in [2.24, 2.45) is 12.0 Å². The lowest BCUT2D eigenvalue weighted by Gasteiger charge is -2.29. The molecule has 1 aliphatic heterocycles. The summed E-state index contributed by atoms with van der Waals surface area (Å²) in [5.74, 6) is 3.44. The standard InChI is InChI=1S/C21H31N7O.HI/c1-16-25-26-19(27(16)2)14-23-21(24-17-8-4-3-5-9-17)28-13-11-18(15-28)29-20-10-6-7-12-22-20;/h6-7,10,12,17-18H,3-5,8-9,11,13-15H2,1-2H3,(H,23,24);1H. The highest BCUT2D eigenvalue weighted by Crippen LogP contribution is 2.20. The van der Waals surface area contributed by atoms with Gasteiger partial charge in [0.25, 0.3) is 0 Å². The minimum atomic E-state index is 0. The number of nitrogens with zero attached hydrogens (tertiary/aromatic N) is 6. The first-order valence-electron chi connectivity index (χ1n) is 10.7. The molecule has 2 aromatic rings. The summed E-state index contributed by atoms with van der Waals surface area (Å²) in [6.45, 7) is 4.22. The van der Waals surface area contributed by atoms with Crippen LogP contribution < -0.4 is 10.1 Å². The lowest BCUT2D eigenvalue weighted by molar-refractivity contribution is 0.205. The molecule has 0 aromatic carbocycles. The Bertz CT molecular complexity index is 820. The minimum absolute atomic E-state index is 0. The average molecular weight is 525 g/mol. The highest BCUT2D eigenvalue weighted by Gasteiger charge is 2.28. The van der Waals surface area contributed by atoms with Gasteiger partial charge in [-0.15, -0.1) is 34.2 Å². The molecule has 1 saturated carbocycles. The second-order valence-electron chi connectivity index (χ2n) is 7.98. The summed E-state index contributed by atoms with van der Waals surface area (Å²) >= 11 is 0. The van der Waals surface area contributed by atoms with Crippen molar-refractivity contribution in [1.82, 2.24) is 30.0 Å². The third kappa shape index (κ3) is 5.83. The second-order valence-corrected chi connectivity index (χ2v) is 7.98. The number of rotatable bonds is 5. The molecule has 0 amide bonds. The number of guanidine groups is 1. The zero-order valence-corrected chi connectivity index (χ0v) is 20.2. The van der Waals surface area contributed by atoms with Gasteiger partial charge in [-0.3, -0.25) is 0 Å². The van der Waals surface area contributed by atoms with Crippen molar-refractivity contribution in [3.8, 4) is 5.88 Å². The molecular formula is C21H32IN7O. The first-order chi connectivity index (χ1) is 14.2. The first kappa shape index (κ1) is 22.8. The van der Waals surface area contributed by atoms with E-state index in [2.05, 4.69) is 25.4 Å². The number of aliphatic imine (C=N–C) groups is 1. The molecule has 1 N–H and O–H groups in total. The second kappa shape index (κ2) is 10.9. The number of aromatic nitrogens is 4. The van der Waals surface area contributed by atoms with Crippen molar-refractivity contribution in [2.45, 2.75) is 64.1 Å². The van der Waals surface area contributed by atoms with E-state index in [4.69, 9.17) is 9.73 Å². The van der Waals surface area contributed by atoms with Crippen LogP contribution in [0.3, 0.4) is 0 Å². The van der Waals surface area contributed by atoms with Crippen molar-refractivity contribution < 1.29 is 4.74 Å². The summed E-state index contributed by atoms with van der Waals surface area (Å²) < 4.78 is 8.07. The number of ether oxygens (including phenoxy) is 1. The van der Waals surface area contributed by atoms with Gasteiger partial charge in [-0.2, -0.15) is 0 Å². The summed E-state index contributed by atoms with van der Waals surface area (Å²) in [6, 6.07) is 6.27. The number of nitrogens with one attached hydrogen (secondary N) is 1. The molecule has 2 aliphatic rings. The van der Waals surface area contributed by atoms with Gasteiger partial charge in [-0.1, -0.05) is 25.3 Å². The van der Waals surface area contributed by atoms with Crippen LogP contribution in [-0.4, -0.2) is 55.8 Å². The van der Waals surface area contributed by atoms with Crippen LogP contribution in [0, 0.1) is 6.92 Å². The van der Waals surface area contributed by atoms with E-state index in [1.807, 2.05) is 36.7 Å². The molecule has 9 heteroatoms. The van der Waals surface area contributed by atoms with Gasteiger partial charge in [0.15, 0.2) is 11.8 Å². The van der Waals surface area contributed by atoms with E-state index in [-0.39, 0.29) is 30.1 Å². The van der Waals surface area contributed by atoms with Crippen molar-refractivity contribution in [1.29, 1.82) is 0 Å². The van der Waals surface area contributed by atoms with Crippen LogP contribution in [0.25, 0.3) is 0 Å². The van der Waals surface area contributed by atoms with Gasteiger partial charge in [-0.05, 0) is 25.8 Å². The third-order valence-corrected chi connectivity index (χ3v) is 5.86. The molecule has 1 aliphatic carbocycles. The van der Waals surface area contributed by atoms with Crippen molar-refractivity contribution >= 4 is 29.9 Å². The smallest absolute Gasteiger partial charge is 0.213 e. The van der Waals surface area contributed by atoms with Crippen molar-refractivity contribution in [3.63, 3.8) is 0 Å². The molecule has 2 aromatic heterocycles. The zero-order valence-electron chi connectivity index (χ0n) is 17.8. The SMILES string of the molecule is Cc1nnc(CN=C(NC2CCCCC2)N2CCC(Oc3ccccn3)C2)n1C.I. The first-order valence-corrected chi connectivity index (χ1v) is 10.7. The monoisotopic (exact) mass is 525 g/mol. The topological polar surface area (TPSA) is 80.5 Å². The molecule has 2 fully saturated rings. The molecule has 1 saturated heterocycles. The highest BCUT2D eigenvalue weighted by molar-refractivity contribution is 14.0. The van der Waals surface area contributed by atoms with Gasteiger partial charge in [0.2, 0.25) is 5.88 Å². The van der Waals surface area contributed by atoms with E-state index in [9.17, 15) is 0 Å². The molecule has 3 heterocycles. The lowest BCUT2D eigenvalue weighted by atomic mass is 9.96. The van der Waals surface area contributed by atoms with Crippen LogP contribution in [0.1, 0.15) is 50.2 Å². The average Bonchev–Trinajstić information content (AvgIpc) is 3.34. The van der Waals surface area contributed by atoms with E-state index in [1.165, 1.54) is 32.1 Å². The summed E-state index contributed by atoms with van der Waals surface area (Å²) in [5.41, 5.74) is 0.